The van der Waals surface area contributed by atoms with Crippen molar-refractivity contribution < 1.29 is 4.39 Å². The van der Waals surface area contributed by atoms with Crippen LogP contribution in [0.15, 0.2) is 18.2 Å². The second-order valence-corrected chi connectivity index (χ2v) is 4.94. The Morgan fingerprint density at radius 2 is 2.25 bits per heavy atom. The maximum atomic E-state index is 13.0. The molecule has 0 aromatic heterocycles. The molecule has 0 saturated carbocycles. The number of hydrogen-bond acceptors (Lipinski definition) is 3. The van der Waals surface area contributed by atoms with E-state index in [1.54, 1.807) is 6.07 Å². The van der Waals surface area contributed by atoms with E-state index in [0.29, 0.717) is 0 Å². The van der Waals surface area contributed by atoms with E-state index in [-0.39, 0.29) is 11.9 Å². The van der Waals surface area contributed by atoms with Crippen LogP contribution in [0.3, 0.4) is 0 Å². The van der Waals surface area contributed by atoms with Crippen LogP contribution in [0, 0.1) is 12.7 Å². The minimum absolute atomic E-state index is 0.0946. The molecule has 16 heavy (non-hydrogen) atoms. The Bertz CT molecular complexity index is 331. The highest BCUT2D eigenvalue weighted by atomic mass is 32.2. The summed E-state index contributed by atoms with van der Waals surface area (Å²) in [6, 6.07) is 4.93. The van der Waals surface area contributed by atoms with Crippen LogP contribution in [0.2, 0.25) is 0 Å². The van der Waals surface area contributed by atoms with Crippen LogP contribution in [0.4, 0.5) is 4.39 Å². The second-order valence-electron chi connectivity index (χ2n) is 3.80. The maximum Gasteiger partial charge on any atom is 0.123 e. The lowest BCUT2D eigenvalue weighted by molar-refractivity contribution is 0.597. The molecule has 1 aromatic rings. The van der Waals surface area contributed by atoms with Gasteiger partial charge in [-0.05, 0) is 42.4 Å². The van der Waals surface area contributed by atoms with Gasteiger partial charge in [0.05, 0.1) is 6.04 Å². The van der Waals surface area contributed by atoms with Gasteiger partial charge in [-0.3, -0.25) is 11.3 Å². The molecule has 0 saturated heterocycles. The Balaban J connectivity index is 2.70. The summed E-state index contributed by atoms with van der Waals surface area (Å²) in [6.07, 6.45) is 1.16. The number of nitrogens with one attached hydrogen (secondary N) is 1. The summed E-state index contributed by atoms with van der Waals surface area (Å²) < 4.78 is 13.0. The number of nitrogens with two attached hydrogens (primary N) is 1. The van der Waals surface area contributed by atoms with Gasteiger partial charge in [0.15, 0.2) is 0 Å². The number of hydrogen-bond donors (Lipinski definition) is 2. The number of rotatable bonds is 6. The van der Waals surface area contributed by atoms with Crippen LogP contribution in [0.25, 0.3) is 0 Å². The number of hydrazine groups is 1. The summed E-state index contributed by atoms with van der Waals surface area (Å²) in [5, 5.41) is 0. The molecule has 4 heteroatoms. The first-order valence-electron chi connectivity index (χ1n) is 5.49. The molecule has 1 rings (SSSR count). The lowest BCUT2D eigenvalue weighted by atomic mass is 10.0. The van der Waals surface area contributed by atoms with E-state index in [1.807, 2.05) is 24.8 Å². The average molecular weight is 242 g/mol. The smallest absolute Gasteiger partial charge is 0.123 e. The Kier molecular flexibility index (Phi) is 5.80. The Hall–Kier alpha value is -0.580. The van der Waals surface area contributed by atoms with Gasteiger partial charge >= 0.3 is 0 Å². The molecule has 3 N–H and O–H groups in total. The maximum absolute atomic E-state index is 13.0. The van der Waals surface area contributed by atoms with Crippen LogP contribution < -0.4 is 11.3 Å². The van der Waals surface area contributed by atoms with Crippen molar-refractivity contribution in [3.8, 4) is 0 Å². The van der Waals surface area contributed by atoms with Crippen LogP contribution in [-0.4, -0.2) is 11.5 Å². The Labute approximate surface area is 101 Å². The van der Waals surface area contributed by atoms with Crippen molar-refractivity contribution in [2.45, 2.75) is 26.3 Å². The van der Waals surface area contributed by atoms with Crippen LogP contribution in [-0.2, 0) is 0 Å². The summed E-state index contributed by atoms with van der Waals surface area (Å²) in [7, 11) is 0. The van der Waals surface area contributed by atoms with E-state index in [9.17, 15) is 4.39 Å². The minimum atomic E-state index is -0.196. The highest BCUT2D eigenvalue weighted by molar-refractivity contribution is 7.99. The lowest BCUT2D eigenvalue weighted by Crippen LogP contribution is -2.30. The van der Waals surface area contributed by atoms with Crippen LogP contribution in [0.5, 0.6) is 0 Å². The number of benzene rings is 1. The van der Waals surface area contributed by atoms with E-state index >= 15 is 0 Å². The normalized spacial score (nSPS) is 12.8. The fourth-order valence-corrected chi connectivity index (χ4v) is 2.57. The highest BCUT2D eigenvalue weighted by Gasteiger charge is 2.12. The first-order chi connectivity index (χ1) is 7.69. The molecule has 2 nitrogen and oxygen atoms in total. The molecule has 0 aliphatic heterocycles. The zero-order valence-corrected chi connectivity index (χ0v) is 10.6. The number of halogens is 1. The molecule has 0 radical (unpaired) electrons. The second kappa shape index (κ2) is 6.89. The van der Waals surface area contributed by atoms with E-state index in [4.69, 9.17) is 5.84 Å². The molecule has 0 heterocycles. The lowest BCUT2D eigenvalue weighted by Gasteiger charge is -2.18. The van der Waals surface area contributed by atoms with Gasteiger partial charge in [-0.25, -0.2) is 4.39 Å². The first kappa shape index (κ1) is 13.5. The molecule has 0 aliphatic carbocycles. The highest BCUT2D eigenvalue weighted by Crippen LogP contribution is 2.22. The summed E-state index contributed by atoms with van der Waals surface area (Å²) in [6.45, 7) is 4.06. The summed E-state index contributed by atoms with van der Waals surface area (Å²) in [5.41, 5.74) is 4.82. The molecule has 1 unspecified atom stereocenters. The predicted molar refractivity (Wildman–Crippen MR) is 68.8 cm³/mol. The monoisotopic (exact) mass is 242 g/mol. The predicted octanol–water partition coefficient (Wildman–Crippen LogP) is 2.78. The van der Waals surface area contributed by atoms with Crippen molar-refractivity contribution in [1.82, 2.24) is 5.43 Å². The standard InChI is InChI=1S/C12H19FN2S/c1-3-6-16-8-12(15-14)11-5-4-10(13)7-9(11)2/h4-5,7,12,15H,3,6,8,14H2,1-2H3. The van der Waals surface area contributed by atoms with Crippen LogP contribution >= 0.6 is 11.8 Å². The van der Waals surface area contributed by atoms with Gasteiger partial charge in [-0.1, -0.05) is 13.0 Å². The topological polar surface area (TPSA) is 38.0 Å². The molecule has 90 valence electrons. The van der Waals surface area contributed by atoms with E-state index in [1.165, 1.54) is 6.07 Å². The third-order valence-electron chi connectivity index (χ3n) is 2.44. The molecule has 0 bridgehead atoms. The van der Waals surface area contributed by atoms with E-state index in [0.717, 1.165) is 29.1 Å². The summed E-state index contributed by atoms with van der Waals surface area (Å²) in [5.74, 6) is 7.38. The molecule has 1 atom stereocenters. The van der Waals surface area contributed by atoms with Gasteiger partial charge in [-0.2, -0.15) is 11.8 Å². The Morgan fingerprint density at radius 1 is 1.50 bits per heavy atom. The SMILES string of the molecule is CCCSCC(NN)c1ccc(F)cc1C. The quantitative estimate of drug-likeness (QED) is 0.457. The van der Waals surface area contributed by atoms with Crippen molar-refractivity contribution in [3.05, 3.63) is 35.1 Å². The number of thioether (sulfide) groups is 1. The largest absolute Gasteiger partial charge is 0.271 e. The van der Waals surface area contributed by atoms with Gasteiger partial charge in [0.1, 0.15) is 5.82 Å². The third kappa shape index (κ3) is 3.77. The van der Waals surface area contributed by atoms with Crippen LogP contribution in [0.1, 0.15) is 30.5 Å². The fourth-order valence-electron chi connectivity index (χ4n) is 1.60. The molecule has 0 fully saturated rings. The zero-order chi connectivity index (χ0) is 12.0. The molecule has 0 amide bonds. The fraction of sp³-hybridized carbons (Fsp3) is 0.500. The van der Waals surface area contributed by atoms with Gasteiger partial charge in [0, 0.05) is 5.75 Å². The minimum Gasteiger partial charge on any atom is -0.271 e. The van der Waals surface area contributed by atoms with E-state index in [2.05, 4.69) is 12.3 Å². The van der Waals surface area contributed by atoms with Crippen molar-refractivity contribution in [2.24, 2.45) is 5.84 Å². The van der Waals surface area contributed by atoms with Gasteiger partial charge in [-0.15, -0.1) is 0 Å². The summed E-state index contributed by atoms with van der Waals surface area (Å²) >= 11 is 1.86. The molecule has 0 aliphatic rings. The van der Waals surface area contributed by atoms with Crippen molar-refractivity contribution >= 4 is 11.8 Å². The number of aryl methyl sites for hydroxylation is 1. The van der Waals surface area contributed by atoms with Crippen molar-refractivity contribution in [1.29, 1.82) is 0 Å². The molecular weight excluding hydrogens is 223 g/mol. The van der Waals surface area contributed by atoms with Gasteiger partial charge in [0.25, 0.3) is 0 Å². The molecule has 0 spiro atoms. The van der Waals surface area contributed by atoms with Crippen molar-refractivity contribution in [3.63, 3.8) is 0 Å². The average Bonchev–Trinajstić information content (AvgIpc) is 2.26. The van der Waals surface area contributed by atoms with E-state index < -0.39 is 0 Å². The first-order valence-corrected chi connectivity index (χ1v) is 6.64. The summed E-state index contributed by atoms with van der Waals surface area (Å²) in [4.78, 5) is 0. The third-order valence-corrected chi connectivity index (χ3v) is 3.71. The Morgan fingerprint density at radius 3 is 2.81 bits per heavy atom. The van der Waals surface area contributed by atoms with Crippen molar-refractivity contribution in [2.75, 3.05) is 11.5 Å². The van der Waals surface area contributed by atoms with Gasteiger partial charge in [0.2, 0.25) is 0 Å². The molecular formula is C12H19FN2S. The molecule has 1 aromatic carbocycles. The van der Waals surface area contributed by atoms with Gasteiger partial charge < -0.3 is 0 Å². The zero-order valence-electron chi connectivity index (χ0n) is 9.79.